The van der Waals surface area contributed by atoms with Gasteiger partial charge in [-0.3, -0.25) is 0 Å². The van der Waals surface area contributed by atoms with Crippen molar-refractivity contribution in [3.05, 3.63) is 17.4 Å². The monoisotopic (exact) mass is 297 g/mol. The quantitative estimate of drug-likeness (QED) is 0.908. The summed E-state index contributed by atoms with van der Waals surface area (Å²) in [5.74, 6) is 2.52. The summed E-state index contributed by atoms with van der Waals surface area (Å²) in [4.78, 5) is 10.8. The SMILES string of the molecule is CC(CO)C(C)CC1CCN(c2ncc(Cl)cn2)CC1. The molecule has 1 N–H and O–H groups in total. The van der Waals surface area contributed by atoms with Gasteiger partial charge in [0.25, 0.3) is 0 Å². The number of aromatic nitrogens is 2. The lowest BCUT2D eigenvalue weighted by molar-refractivity contribution is 0.172. The van der Waals surface area contributed by atoms with Crippen LogP contribution in [0.3, 0.4) is 0 Å². The van der Waals surface area contributed by atoms with Gasteiger partial charge >= 0.3 is 0 Å². The van der Waals surface area contributed by atoms with Gasteiger partial charge in [0.05, 0.1) is 17.4 Å². The first-order valence-corrected chi connectivity index (χ1v) is 7.81. The van der Waals surface area contributed by atoms with E-state index in [-0.39, 0.29) is 0 Å². The van der Waals surface area contributed by atoms with E-state index in [4.69, 9.17) is 11.6 Å². The summed E-state index contributed by atoms with van der Waals surface area (Å²) in [7, 11) is 0. The summed E-state index contributed by atoms with van der Waals surface area (Å²) in [6.45, 7) is 6.68. The zero-order chi connectivity index (χ0) is 14.5. The van der Waals surface area contributed by atoms with Gasteiger partial charge in [-0.1, -0.05) is 25.4 Å². The lowest BCUT2D eigenvalue weighted by atomic mass is 9.83. The lowest BCUT2D eigenvalue weighted by Crippen LogP contribution is -2.35. The summed E-state index contributed by atoms with van der Waals surface area (Å²) in [5, 5.41) is 9.79. The van der Waals surface area contributed by atoms with Crippen LogP contribution in [0.1, 0.15) is 33.1 Å². The minimum absolute atomic E-state index is 0.290. The van der Waals surface area contributed by atoms with Crippen LogP contribution < -0.4 is 4.90 Å². The Kier molecular flexibility index (Phi) is 5.61. The van der Waals surface area contributed by atoms with Gasteiger partial charge < -0.3 is 10.0 Å². The van der Waals surface area contributed by atoms with Gasteiger partial charge in [0.1, 0.15) is 0 Å². The molecule has 112 valence electrons. The van der Waals surface area contributed by atoms with Gasteiger partial charge in [-0.15, -0.1) is 0 Å². The van der Waals surface area contributed by atoms with E-state index in [1.54, 1.807) is 12.4 Å². The van der Waals surface area contributed by atoms with E-state index in [1.807, 2.05) is 0 Å². The number of aliphatic hydroxyl groups is 1. The zero-order valence-corrected chi connectivity index (χ0v) is 13.1. The molecule has 20 heavy (non-hydrogen) atoms. The number of halogens is 1. The van der Waals surface area contributed by atoms with Crippen molar-refractivity contribution in [1.82, 2.24) is 9.97 Å². The largest absolute Gasteiger partial charge is 0.396 e. The van der Waals surface area contributed by atoms with Crippen LogP contribution in [-0.2, 0) is 0 Å². The normalized spacial score (nSPS) is 19.9. The van der Waals surface area contributed by atoms with Gasteiger partial charge in [0, 0.05) is 19.7 Å². The molecule has 0 bridgehead atoms. The van der Waals surface area contributed by atoms with Gasteiger partial charge in [0.2, 0.25) is 5.95 Å². The molecule has 2 rings (SSSR count). The molecule has 1 aromatic heterocycles. The minimum Gasteiger partial charge on any atom is -0.396 e. The molecule has 2 atom stereocenters. The van der Waals surface area contributed by atoms with Gasteiger partial charge in [-0.2, -0.15) is 0 Å². The smallest absolute Gasteiger partial charge is 0.225 e. The molecular weight excluding hydrogens is 274 g/mol. The van der Waals surface area contributed by atoms with Crippen molar-refractivity contribution in [2.24, 2.45) is 17.8 Å². The van der Waals surface area contributed by atoms with Gasteiger partial charge in [0.15, 0.2) is 0 Å². The Bertz CT molecular complexity index is 404. The van der Waals surface area contributed by atoms with Crippen LogP contribution in [0.4, 0.5) is 5.95 Å². The molecule has 1 saturated heterocycles. The maximum absolute atomic E-state index is 9.21. The highest BCUT2D eigenvalue weighted by atomic mass is 35.5. The van der Waals surface area contributed by atoms with Crippen LogP contribution >= 0.6 is 11.6 Å². The Hall–Kier alpha value is -0.870. The van der Waals surface area contributed by atoms with E-state index in [0.29, 0.717) is 23.5 Å². The maximum atomic E-state index is 9.21. The molecule has 1 aromatic rings. The fraction of sp³-hybridized carbons (Fsp3) is 0.733. The van der Waals surface area contributed by atoms with Crippen LogP contribution in [0.5, 0.6) is 0 Å². The summed E-state index contributed by atoms with van der Waals surface area (Å²) in [5.41, 5.74) is 0. The zero-order valence-electron chi connectivity index (χ0n) is 12.3. The van der Waals surface area contributed by atoms with Crippen molar-refractivity contribution in [2.75, 3.05) is 24.6 Å². The second kappa shape index (κ2) is 7.23. The number of aliphatic hydroxyl groups excluding tert-OH is 1. The molecule has 0 amide bonds. The molecule has 1 aliphatic heterocycles. The third-order valence-corrected chi connectivity index (χ3v) is 4.66. The fourth-order valence-electron chi connectivity index (χ4n) is 2.78. The van der Waals surface area contributed by atoms with Crippen molar-refractivity contribution in [1.29, 1.82) is 0 Å². The van der Waals surface area contributed by atoms with E-state index in [1.165, 1.54) is 19.3 Å². The van der Waals surface area contributed by atoms with E-state index < -0.39 is 0 Å². The highest BCUT2D eigenvalue weighted by molar-refractivity contribution is 6.30. The minimum atomic E-state index is 0.290. The Balaban J connectivity index is 1.82. The topological polar surface area (TPSA) is 49.2 Å². The van der Waals surface area contributed by atoms with Crippen molar-refractivity contribution < 1.29 is 5.11 Å². The van der Waals surface area contributed by atoms with Gasteiger partial charge in [-0.05, 0) is 37.0 Å². The first-order chi connectivity index (χ1) is 9.60. The molecule has 1 aliphatic rings. The Labute approximate surface area is 126 Å². The molecular formula is C15H24ClN3O. The van der Waals surface area contributed by atoms with Gasteiger partial charge in [-0.25, -0.2) is 9.97 Å². The summed E-state index contributed by atoms with van der Waals surface area (Å²) < 4.78 is 0. The van der Waals surface area contributed by atoms with Crippen LogP contribution in [0.25, 0.3) is 0 Å². The lowest BCUT2D eigenvalue weighted by Gasteiger charge is -2.33. The van der Waals surface area contributed by atoms with Crippen LogP contribution in [0, 0.1) is 17.8 Å². The average molecular weight is 298 g/mol. The molecule has 0 saturated carbocycles. The summed E-state index contributed by atoms with van der Waals surface area (Å²) in [6.07, 6.45) is 6.86. The summed E-state index contributed by atoms with van der Waals surface area (Å²) >= 11 is 5.81. The second-order valence-electron chi connectivity index (χ2n) is 6.00. The van der Waals surface area contributed by atoms with Crippen LogP contribution in [-0.4, -0.2) is 34.8 Å². The Morgan fingerprint density at radius 1 is 1.25 bits per heavy atom. The molecule has 0 radical (unpaired) electrons. The highest BCUT2D eigenvalue weighted by Crippen LogP contribution is 2.28. The highest BCUT2D eigenvalue weighted by Gasteiger charge is 2.24. The average Bonchev–Trinajstić information content (AvgIpc) is 2.48. The number of hydrogen-bond acceptors (Lipinski definition) is 4. The second-order valence-corrected chi connectivity index (χ2v) is 6.44. The molecule has 0 aromatic carbocycles. The predicted octanol–water partition coefficient (Wildman–Crippen LogP) is 3.00. The van der Waals surface area contributed by atoms with Crippen molar-refractivity contribution >= 4 is 17.5 Å². The first-order valence-electron chi connectivity index (χ1n) is 7.43. The Morgan fingerprint density at radius 3 is 2.40 bits per heavy atom. The molecule has 1 fully saturated rings. The number of anilines is 1. The Morgan fingerprint density at radius 2 is 1.85 bits per heavy atom. The van der Waals surface area contributed by atoms with E-state index >= 15 is 0 Å². The van der Waals surface area contributed by atoms with Crippen LogP contribution in [0.2, 0.25) is 5.02 Å². The molecule has 4 nitrogen and oxygen atoms in total. The van der Waals surface area contributed by atoms with E-state index in [0.717, 1.165) is 25.0 Å². The third-order valence-electron chi connectivity index (χ3n) is 4.47. The van der Waals surface area contributed by atoms with Crippen molar-refractivity contribution in [3.63, 3.8) is 0 Å². The fourth-order valence-corrected chi connectivity index (χ4v) is 2.87. The van der Waals surface area contributed by atoms with E-state index in [9.17, 15) is 5.11 Å². The first kappa shape index (κ1) is 15.5. The molecule has 0 aliphatic carbocycles. The van der Waals surface area contributed by atoms with E-state index in [2.05, 4.69) is 28.7 Å². The maximum Gasteiger partial charge on any atom is 0.225 e. The number of rotatable bonds is 5. The number of piperidine rings is 1. The third kappa shape index (κ3) is 4.06. The summed E-state index contributed by atoms with van der Waals surface area (Å²) in [6, 6.07) is 0. The number of hydrogen-bond donors (Lipinski definition) is 1. The van der Waals surface area contributed by atoms with Crippen LogP contribution in [0.15, 0.2) is 12.4 Å². The molecule has 2 unspecified atom stereocenters. The number of nitrogens with zero attached hydrogens (tertiary/aromatic N) is 3. The molecule has 2 heterocycles. The standard InChI is InChI=1S/C15H24ClN3O/c1-11(12(2)10-20)7-13-3-5-19(6-4-13)15-17-8-14(16)9-18-15/h8-9,11-13,20H,3-7,10H2,1-2H3. The van der Waals surface area contributed by atoms with Crippen molar-refractivity contribution in [3.8, 4) is 0 Å². The molecule has 0 spiro atoms. The molecule has 5 heteroatoms. The predicted molar refractivity (Wildman–Crippen MR) is 82.0 cm³/mol. The van der Waals surface area contributed by atoms with Crippen molar-refractivity contribution in [2.45, 2.75) is 33.1 Å².